The molecule has 0 aliphatic heterocycles. The predicted molar refractivity (Wildman–Crippen MR) is 55.5 cm³/mol. The summed E-state index contributed by atoms with van der Waals surface area (Å²) < 4.78 is 20.6. The SMILES string of the molecule is CO[Si](OC)(OC)Oc1ccccc1O. The second kappa shape index (κ2) is 5.13. The van der Waals surface area contributed by atoms with Crippen molar-refractivity contribution < 1.29 is 22.8 Å². The number of para-hydroxylation sites is 2. The Hall–Kier alpha value is -1.08. The van der Waals surface area contributed by atoms with E-state index in [2.05, 4.69) is 0 Å². The van der Waals surface area contributed by atoms with Gasteiger partial charge in [0.15, 0.2) is 11.5 Å². The van der Waals surface area contributed by atoms with Crippen molar-refractivity contribution in [1.29, 1.82) is 0 Å². The molecule has 0 saturated carbocycles. The Bertz CT molecular complexity index is 305. The Labute approximate surface area is 89.6 Å². The summed E-state index contributed by atoms with van der Waals surface area (Å²) in [7, 11) is 1.14. The first-order valence-corrected chi connectivity index (χ1v) is 5.93. The molecule has 0 aliphatic rings. The van der Waals surface area contributed by atoms with E-state index >= 15 is 0 Å². The fourth-order valence-electron chi connectivity index (χ4n) is 1.05. The second-order valence-corrected chi connectivity index (χ2v) is 5.11. The predicted octanol–water partition coefficient (Wildman–Crippen LogP) is 1.15. The van der Waals surface area contributed by atoms with E-state index in [4.69, 9.17) is 17.7 Å². The van der Waals surface area contributed by atoms with Crippen LogP contribution in [0.1, 0.15) is 0 Å². The first-order valence-electron chi connectivity index (χ1n) is 4.30. The van der Waals surface area contributed by atoms with Gasteiger partial charge in [0.05, 0.1) is 0 Å². The second-order valence-electron chi connectivity index (χ2n) is 2.68. The summed E-state index contributed by atoms with van der Waals surface area (Å²) in [5.41, 5.74) is 0. The van der Waals surface area contributed by atoms with E-state index in [9.17, 15) is 5.11 Å². The Kier molecular flexibility index (Phi) is 4.10. The molecule has 0 unspecified atom stereocenters. The number of hydrogen-bond donors (Lipinski definition) is 1. The van der Waals surface area contributed by atoms with Gasteiger partial charge < -0.3 is 22.8 Å². The monoisotopic (exact) mass is 230 g/mol. The number of hydrogen-bond acceptors (Lipinski definition) is 5. The van der Waals surface area contributed by atoms with Gasteiger partial charge in [-0.25, -0.2) is 0 Å². The van der Waals surface area contributed by atoms with Crippen LogP contribution in [0.25, 0.3) is 0 Å². The maximum atomic E-state index is 9.49. The molecule has 0 saturated heterocycles. The molecule has 0 fully saturated rings. The zero-order chi connectivity index (χ0) is 11.3. The van der Waals surface area contributed by atoms with Crippen LogP contribution in [-0.4, -0.2) is 35.5 Å². The highest BCUT2D eigenvalue weighted by Gasteiger charge is 2.45. The largest absolute Gasteiger partial charge is 0.749 e. The van der Waals surface area contributed by atoms with E-state index in [-0.39, 0.29) is 11.5 Å². The lowest BCUT2D eigenvalue weighted by molar-refractivity contribution is 0.0500. The van der Waals surface area contributed by atoms with Crippen molar-refractivity contribution >= 4 is 9.05 Å². The van der Waals surface area contributed by atoms with Gasteiger partial charge in [-0.3, -0.25) is 0 Å². The first-order chi connectivity index (χ1) is 7.17. The molecule has 0 aliphatic carbocycles. The van der Waals surface area contributed by atoms with E-state index in [0.29, 0.717) is 0 Å². The maximum Gasteiger partial charge on any atom is 0.749 e. The molecular formula is C9H14O5Si. The van der Waals surface area contributed by atoms with Crippen LogP contribution in [0.2, 0.25) is 0 Å². The zero-order valence-corrected chi connectivity index (χ0v) is 9.89. The quantitative estimate of drug-likeness (QED) is 0.769. The minimum absolute atomic E-state index is 0.0144. The van der Waals surface area contributed by atoms with Crippen molar-refractivity contribution in [3.05, 3.63) is 24.3 Å². The van der Waals surface area contributed by atoms with E-state index in [0.717, 1.165) is 0 Å². The molecule has 84 valence electrons. The third-order valence-electron chi connectivity index (χ3n) is 1.85. The molecule has 1 aromatic carbocycles. The molecule has 1 aromatic rings. The molecule has 1 N–H and O–H groups in total. The van der Waals surface area contributed by atoms with E-state index in [1.165, 1.54) is 27.4 Å². The van der Waals surface area contributed by atoms with Crippen LogP contribution in [0.3, 0.4) is 0 Å². The van der Waals surface area contributed by atoms with Crippen molar-refractivity contribution in [2.45, 2.75) is 0 Å². The van der Waals surface area contributed by atoms with Crippen molar-refractivity contribution in [2.75, 3.05) is 21.3 Å². The van der Waals surface area contributed by atoms with Crippen molar-refractivity contribution in [3.63, 3.8) is 0 Å². The average molecular weight is 230 g/mol. The summed E-state index contributed by atoms with van der Waals surface area (Å²) in [6, 6.07) is 6.54. The number of rotatable bonds is 5. The van der Waals surface area contributed by atoms with Crippen LogP contribution in [0.4, 0.5) is 0 Å². The minimum atomic E-state index is -3.15. The molecule has 0 atom stereocenters. The van der Waals surface area contributed by atoms with Gasteiger partial charge in [-0.1, -0.05) is 12.1 Å². The molecule has 15 heavy (non-hydrogen) atoms. The topological polar surface area (TPSA) is 57.2 Å². The van der Waals surface area contributed by atoms with Gasteiger partial charge in [-0.2, -0.15) is 0 Å². The standard InChI is InChI=1S/C9H14O5Si/c1-11-15(12-2,13-3)14-9-7-5-4-6-8(9)10/h4-7,10H,1-3H3. The first kappa shape index (κ1) is 12.0. The third-order valence-corrected chi connectivity index (χ3v) is 3.82. The van der Waals surface area contributed by atoms with Gasteiger partial charge in [0.1, 0.15) is 0 Å². The number of phenols is 1. The van der Waals surface area contributed by atoms with Crippen LogP contribution in [-0.2, 0) is 13.3 Å². The molecule has 0 amide bonds. The van der Waals surface area contributed by atoms with Gasteiger partial charge in [0.2, 0.25) is 0 Å². The normalized spacial score (nSPS) is 11.4. The van der Waals surface area contributed by atoms with Gasteiger partial charge >= 0.3 is 9.05 Å². The summed E-state index contributed by atoms with van der Waals surface area (Å²) >= 11 is 0. The van der Waals surface area contributed by atoms with Crippen LogP contribution < -0.4 is 4.43 Å². The molecular weight excluding hydrogens is 216 g/mol. The summed E-state index contributed by atoms with van der Waals surface area (Å²) in [6.07, 6.45) is 0. The summed E-state index contributed by atoms with van der Waals surface area (Å²) in [5.74, 6) is 0.287. The Morgan fingerprint density at radius 3 is 2.00 bits per heavy atom. The van der Waals surface area contributed by atoms with Gasteiger partial charge in [-0.15, -0.1) is 0 Å². The van der Waals surface area contributed by atoms with Crippen LogP contribution in [0.5, 0.6) is 11.5 Å². The van der Waals surface area contributed by atoms with Crippen molar-refractivity contribution in [1.82, 2.24) is 0 Å². The van der Waals surface area contributed by atoms with E-state index in [1.54, 1.807) is 18.2 Å². The minimum Gasteiger partial charge on any atom is -0.504 e. The van der Waals surface area contributed by atoms with E-state index in [1.807, 2.05) is 0 Å². The third kappa shape index (κ3) is 2.69. The molecule has 0 heterocycles. The van der Waals surface area contributed by atoms with Gasteiger partial charge in [0.25, 0.3) is 0 Å². The Morgan fingerprint density at radius 1 is 1.00 bits per heavy atom. The molecule has 0 radical (unpaired) electrons. The fraction of sp³-hybridized carbons (Fsp3) is 0.333. The number of benzene rings is 1. The highest BCUT2D eigenvalue weighted by Crippen LogP contribution is 2.27. The average Bonchev–Trinajstić information content (AvgIpc) is 2.29. The molecule has 5 nitrogen and oxygen atoms in total. The Balaban J connectivity index is 2.88. The van der Waals surface area contributed by atoms with Crippen molar-refractivity contribution in [3.8, 4) is 11.5 Å². The zero-order valence-electron chi connectivity index (χ0n) is 8.89. The van der Waals surface area contributed by atoms with E-state index < -0.39 is 9.05 Å². The van der Waals surface area contributed by atoms with Crippen molar-refractivity contribution in [2.24, 2.45) is 0 Å². The lowest BCUT2D eigenvalue weighted by atomic mass is 10.3. The van der Waals surface area contributed by atoms with Crippen LogP contribution in [0.15, 0.2) is 24.3 Å². The van der Waals surface area contributed by atoms with Gasteiger partial charge in [-0.05, 0) is 12.1 Å². The summed E-state index contributed by atoms with van der Waals surface area (Å²) in [4.78, 5) is 0. The molecule has 6 heteroatoms. The summed E-state index contributed by atoms with van der Waals surface area (Å²) in [5, 5.41) is 9.49. The van der Waals surface area contributed by atoms with Gasteiger partial charge in [0, 0.05) is 21.3 Å². The highest BCUT2D eigenvalue weighted by atomic mass is 28.4. The van der Waals surface area contributed by atoms with Crippen LogP contribution in [0, 0.1) is 0 Å². The molecule has 0 bridgehead atoms. The lowest BCUT2D eigenvalue weighted by Crippen LogP contribution is -2.49. The smallest absolute Gasteiger partial charge is 0.504 e. The Morgan fingerprint density at radius 2 is 1.53 bits per heavy atom. The molecule has 0 aromatic heterocycles. The van der Waals surface area contributed by atoms with Crippen LogP contribution >= 0.6 is 0 Å². The lowest BCUT2D eigenvalue weighted by Gasteiger charge is -2.23. The fourth-order valence-corrected chi connectivity index (χ4v) is 2.25. The highest BCUT2D eigenvalue weighted by molar-refractivity contribution is 6.54. The maximum absolute atomic E-state index is 9.49. The number of phenolic OH excluding ortho intramolecular Hbond substituents is 1. The summed E-state index contributed by atoms with van der Waals surface area (Å²) in [6.45, 7) is 0. The molecule has 1 rings (SSSR count). The molecule has 0 spiro atoms. The number of aromatic hydroxyl groups is 1.